The van der Waals surface area contributed by atoms with Crippen molar-refractivity contribution in [1.29, 1.82) is 0 Å². The molecule has 32 heavy (non-hydrogen) atoms. The van der Waals surface area contributed by atoms with E-state index in [-0.39, 0.29) is 17.2 Å². The summed E-state index contributed by atoms with van der Waals surface area (Å²) in [6.45, 7) is 2.01. The average molecular weight is 449 g/mol. The maximum Gasteiger partial charge on any atom is 0.255 e. The maximum atomic E-state index is 13.1. The van der Waals surface area contributed by atoms with Crippen LogP contribution in [0.15, 0.2) is 66.7 Å². The Hall–Kier alpha value is -3.45. The molecule has 0 aliphatic carbocycles. The van der Waals surface area contributed by atoms with Crippen molar-refractivity contribution in [3.63, 3.8) is 0 Å². The summed E-state index contributed by atoms with van der Waals surface area (Å²) in [5.41, 5.74) is 3.91. The quantitative estimate of drug-likeness (QED) is 0.572. The number of carbonyl (C=O) groups is 2. The van der Waals surface area contributed by atoms with Crippen LogP contribution in [0.5, 0.6) is 11.5 Å². The van der Waals surface area contributed by atoms with Crippen LogP contribution in [-0.4, -0.2) is 31.8 Å². The number of rotatable bonds is 6. The lowest BCUT2D eigenvalue weighted by Crippen LogP contribution is -2.28. The highest BCUT2D eigenvalue weighted by Gasteiger charge is 2.35. The van der Waals surface area contributed by atoms with E-state index in [1.165, 1.54) is 0 Å². The normalized spacial score (nSPS) is 15.5. The fraction of sp³-hybridized carbons (Fsp3) is 0.200. The minimum atomic E-state index is -0.286. The van der Waals surface area contributed by atoms with E-state index in [0.29, 0.717) is 28.5 Å². The van der Waals surface area contributed by atoms with Gasteiger partial charge in [0.1, 0.15) is 16.9 Å². The van der Waals surface area contributed by atoms with Gasteiger partial charge in [0.15, 0.2) is 0 Å². The molecule has 7 heteroatoms. The first kappa shape index (κ1) is 21.8. The van der Waals surface area contributed by atoms with Gasteiger partial charge in [0, 0.05) is 28.6 Å². The molecule has 4 rings (SSSR count). The van der Waals surface area contributed by atoms with Crippen molar-refractivity contribution in [3.05, 3.63) is 83.4 Å². The Labute approximate surface area is 191 Å². The first-order valence-electron chi connectivity index (χ1n) is 10.1. The van der Waals surface area contributed by atoms with Crippen molar-refractivity contribution in [2.45, 2.75) is 12.3 Å². The van der Waals surface area contributed by atoms with Crippen molar-refractivity contribution in [1.82, 2.24) is 0 Å². The van der Waals surface area contributed by atoms with Gasteiger partial charge in [-0.25, -0.2) is 0 Å². The summed E-state index contributed by atoms with van der Waals surface area (Å²) >= 11 is 1.55. The molecule has 6 nitrogen and oxygen atoms in total. The molecule has 0 saturated carbocycles. The number of hydrogen-bond donors (Lipinski definition) is 1. The number of nitrogens with zero attached hydrogens (tertiary/aromatic N) is 1. The fourth-order valence-electron chi connectivity index (χ4n) is 3.60. The Morgan fingerprint density at radius 3 is 2.31 bits per heavy atom. The van der Waals surface area contributed by atoms with Gasteiger partial charge in [0.2, 0.25) is 5.91 Å². The molecule has 0 spiro atoms. The zero-order chi connectivity index (χ0) is 22.7. The Kier molecular flexibility index (Phi) is 6.37. The average Bonchev–Trinajstić information content (AvgIpc) is 3.20. The highest BCUT2D eigenvalue weighted by molar-refractivity contribution is 8.00. The number of para-hydroxylation sites is 1. The molecule has 2 amide bonds. The summed E-state index contributed by atoms with van der Waals surface area (Å²) < 4.78 is 10.6. The van der Waals surface area contributed by atoms with Crippen LogP contribution in [0.3, 0.4) is 0 Å². The molecule has 0 bridgehead atoms. The van der Waals surface area contributed by atoms with Gasteiger partial charge in [-0.2, -0.15) is 0 Å². The highest BCUT2D eigenvalue weighted by Crippen LogP contribution is 2.44. The number of ether oxygens (including phenoxy) is 2. The summed E-state index contributed by atoms with van der Waals surface area (Å²) in [7, 11) is 3.08. The largest absolute Gasteiger partial charge is 0.497 e. The molecule has 1 atom stereocenters. The Bertz CT molecular complexity index is 1120. The molecular weight excluding hydrogens is 424 g/mol. The van der Waals surface area contributed by atoms with E-state index in [0.717, 1.165) is 16.8 Å². The van der Waals surface area contributed by atoms with Gasteiger partial charge in [-0.3, -0.25) is 14.5 Å². The summed E-state index contributed by atoms with van der Waals surface area (Å²) in [5.74, 6) is 1.21. The van der Waals surface area contributed by atoms with Crippen LogP contribution in [0, 0.1) is 6.92 Å². The first-order valence-corrected chi connectivity index (χ1v) is 11.2. The number of hydrogen-bond acceptors (Lipinski definition) is 5. The van der Waals surface area contributed by atoms with Crippen LogP contribution in [0.25, 0.3) is 0 Å². The Morgan fingerprint density at radius 2 is 1.66 bits per heavy atom. The lowest BCUT2D eigenvalue weighted by atomic mass is 10.1. The predicted octanol–water partition coefficient (Wildman–Crippen LogP) is 5.04. The third-order valence-corrected chi connectivity index (χ3v) is 6.46. The third-order valence-electron chi connectivity index (χ3n) is 5.27. The van der Waals surface area contributed by atoms with Gasteiger partial charge in [0.05, 0.1) is 20.0 Å². The molecular formula is C25H24N2O4S. The standard InChI is InChI=1S/C25H24N2O4S/c1-16-8-10-18(11-9-16)27-23(28)15-32-25(27)21-6-4-5-7-22(21)26-24(29)17-12-19(30-2)14-20(13-17)31-3/h4-14,25H,15H2,1-3H3,(H,26,29). The fourth-order valence-corrected chi connectivity index (χ4v) is 4.81. The van der Waals surface area contributed by atoms with Gasteiger partial charge in [-0.15, -0.1) is 11.8 Å². The Balaban J connectivity index is 1.65. The minimum Gasteiger partial charge on any atom is -0.497 e. The number of thioether (sulfide) groups is 1. The second kappa shape index (κ2) is 9.36. The number of carbonyl (C=O) groups excluding carboxylic acids is 2. The predicted molar refractivity (Wildman–Crippen MR) is 128 cm³/mol. The van der Waals surface area contributed by atoms with Crippen molar-refractivity contribution in [3.8, 4) is 11.5 Å². The summed E-state index contributed by atoms with van der Waals surface area (Å²) in [4.78, 5) is 27.6. The molecule has 1 saturated heterocycles. The summed E-state index contributed by atoms with van der Waals surface area (Å²) in [5, 5.41) is 2.77. The van der Waals surface area contributed by atoms with Crippen LogP contribution in [0.1, 0.15) is 26.9 Å². The van der Waals surface area contributed by atoms with Crippen molar-refractivity contribution < 1.29 is 19.1 Å². The molecule has 1 fully saturated rings. The zero-order valence-corrected chi connectivity index (χ0v) is 18.9. The van der Waals surface area contributed by atoms with Crippen LogP contribution in [0.2, 0.25) is 0 Å². The van der Waals surface area contributed by atoms with Crippen LogP contribution in [0.4, 0.5) is 11.4 Å². The van der Waals surface area contributed by atoms with E-state index < -0.39 is 0 Å². The van der Waals surface area contributed by atoms with Crippen LogP contribution < -0.4 is 19.7 Å². The van der Waals surface area contributed by atoms with E-state index in [1.54, 1.807) is 49.1 Å². The molecule has 1 unspecified atom stereocenters. The van der Waals surface area contributed by atoms with Crippen LogP contribution in [-0.2, 0) is 4.79 Å². The van der Waals surface area contributed by atoms with E-state index in [4.69, 9.17) is 9.47 Å². The number of anilines is 2. The second-order valence-electron chi connectivity index (χ2n) is 7.41. The molecule has 164 valence electrons. The summed E-state index contributed by atoms with van der Waals surface area (Å²) in [6, 6.07) is 20.5. The lowest BCUT2D eigenvalue weighted by Gasteiger charge is -2.26. The SMILES string of the molecule is COc1cc(OC)cc(C(=O)Nc2ccccc2C2SCC(=O)N2c2ccc(C)cc2)c1. The molecule has 1 aliphatic rings. The van der Waals surface area contributed by atoms with Gasteiger partial charge in [-0.05, 0) is 37.3 Å². The zero-order valence-electron chi connectivity index (χ0n) is 18.1. The molecule has 3 aromatic rings. The molecule has 1 N–H and O–H groups in total. The number of aryl methyl sites for hydroxylation is 1. The van der Waals surface area contributed by atoms with Gasteiger partial charge in [-0.1, -0.05) is 35.9 Å². The second-order valence-corrected chi connectivity index (χ2v) is 8.47. The van der Waals surface area contributed by atoms with Crippen molar-refractivity contribution >= 4 is 35.0 Å². The van der Waals surface area contributed by atoms with E-state index in [2.05, 4.69) is 5.32 Å². The number of nitrogens with one attached hydrogen (secondary N) is 1. The third kappa shape index (κ3) is 4.43. The number of benzene rings is 3. The Morgan fingerprint density at radius 1 is 1.00 bits per heavy atom. The highest BCUT2D eigenvalue weighted by atomic mass is 32.2. The molecule has 0 radical (unpaired) electrons. The van der Waals surface area contributed by atoms with Gasteiger partial charge >= 0.3 is 0 Å². The van der Waals surface area contributed by atoms with E-state index in [1.807, 2.05) is 55.5 Å². The van der Waals surface area contributed by atoms with Gasteiger partial charge < -0.3 is 14.8 Å². The lowest BCUT2D eigenvalue weighted by molar-refractivity contribution is -0.115. The monoisotopic (exact) mass is 448 g/mol. The van der Waals surface area contributed by atoms with Crippen LogP contribution >= 0.6 is 11.8 Å². The van der Waals surface area contributed by atoms with Gasteiger partial charge in [0.25, 0.3) is 5.91 Å². The maximum absolute atomic E-state index is 13.1. The van der Waals surface area contributed by atoms with Crippen molar-refractivity contribution in [2.75, 3.05) is 30.2 Å². The van der Waals surface area contributed by atoms with E-state index >= 15 is 0 Å². The molecule has 1 aliphatic heterocycles. The molecule has 0 aromatic heterocycles. The smallest absolute Gasteiger partial charge is 0.255 e. The topological polar surface area (TPSA) is 67.9 Å². The molecule has 3 aromatic carbocycles. The minimum absolute atomic E-state index is 0.0440. The molecule has 1 heterocycles. The number of amides is 2. The number of methoxy groups -OCH3 is 2. The van der Waals surface area contributed by atoms with Crippen molar-refractivity contribution in [2.24, 2.45) is 0 Å². The summed E-state index contributed by atoms with van der Waals surface area (Å²) in [6.07, 6.45) is 0. The first-order chi connectivity index (χ1) is 15.5. The van der Waals surface area contributed by atoms with E-state index in [9.17, 15) is 9.59 Å².